The van der Waals surface area contributed by atoms with Crippen molar-refractivity contribution in [3.63, 3.8) is 0 Å². The summed E-state index contributed by atoms with van der Waals surface area (Å²) in [5, 5.41) is 12.6. The number of thioether (sulfide) groups is 1. The predicted molar refractivity (Wildman–Crippen MR) is 92.1 cm³/mol. The monoisotopic (exact) mass is 342 g/mol. The summed E-state index contributed by atoms with van der Waals surface area (Å²) in [6, 6.07) is 8.49. The van der Waals surface area contributed by atoms with Crippen molar-refractivity contribution < 1.29 is 9.59 Å². The van der Waals surface area contributed by atoms with E-state index in [4.69, 9.17) is 0 Å². The largest absolute Gasteiger partial charge is 0.352 e. The van der Waals surface area contributed by atoms with Gasteiger partial charge < -0.3 is 5.32 Å². The van der Waals surface area contributed by atoms with Crippen LogP contribution in [0.2, 0.25) is 0 Å². The lowest BCUT2D eigenvalue weighted by Gasteiger charge is -2.13. The lowest BCUT2D eigenvalue weighted by Crippen LogP contribution is -2.38. The van der Waals surface area contributed by atoms with Crippen LogP contribution in [0.1, 0.15) is 24.2 Å². The number of nitrogens with one attached hydrogen (secondary N) is 1. The number of imidazole rings is 1. The number of hydrogen-bond acceptors (Lipinski definition) is 5. The third-order valence-corrected chi connectivity index (χ3v) is 3.95. The Bertz CT molecular complexity index is 792. The maximum absolute atomic E-state index is 12.6. The van der Waals surface area contributed by atoms with Gasteiger partial charge in [-0.1, -0.05) is 23.9 Å². The van der Waals surface area contributed by atoms with Gasteiger partial charge in [0.05, 0.1) is 6.07 Å². The molecular weight excluding hydrogens is 324 g/mol. The summed E-state index contributed by atoms with van der Waals surface area (Å²) in [5.41, 5.74) is 1.07. The second-order valence-corrected chi connectivity index (χ2v) is 6.20. The SMILES string of the molecule is CSc1nccn1-c1cccc(C(=O)[C@@H](C#N)C(=O)NC(C)C)c1. The molecule has 1 aromatic heterocycles. The minimum absolute atomic E-state index is 0.137. The Morgan fingerprint density at radius 3 is 2.75 bits per heavy atom. The molecule has 0 bridgehead atoms. The Morgan fingerprint density at radius 2 is 2.12 bits per heavy atom. The molecule has 0 spiro atoms. The molecule has 24 heavy (non-hydrogen) atoms. The van der Waals surface area contributed by atoms with E-state index in [0.29, 0.717) is 5.56 Å². The van der Waals surface area contributed by atoms with Crippen LogP contribution in [0.25, 0.3) is 5.69 Å². The first-order valence-electron chi connectivity index (χ1n) is 7.40. The zero-order chi connectivity index (χ0) is 17.7. The molecule has 0 aliphatic heterocycles. The van der Waals surface area contributed by atoms with Gasteiger partial charge in [0.2, 0.25) is 5.91 Å². The van der Waals surface area contributed by atoms with Crippen LogP contribution in [-0.4, -0.2) is 33.5 Å². The minimum Gasteiger partial charge on any atom is -0.352 e. The van der Waals surface area contributed by atoms with Gasteiger partial charge >= 0.3 is 0 Å². The first kappa shape index (κ1) is 17.8. The Balaban J connectivity index is 2.32. The second-order valence-electron chi connectivity index (χ2n) is 5.42. The first-order chi connectivity index (χ1) is 11.5. The highest BCUT2D eigenvalue weighted by atomic mass is 32.2. The zero-order valence-electron chi connectivity index (χ0n) is 13.7. The number of Topliss-reactive ketones (excluding diaryl/α,β-unsaturated/α-hetero) is 1. The molecular formula is C17H18N4O2S. The number of carbonyl (C=O) groups is 2. The molecule has 1 amide bonds. The van der Waals surface area contributed by atoms with Crippen molar-refractivity contribution in [2.45, 2.75) is 25.0 Å². The molecule has 2 aromatic rings. The summed E-state index contributed by atoms with van der Waals surface area (Å²) in [6.45, 7) is 3.56. The van der Waals surface area contributed by atoms with Crippen LogP contribution in [0.5, 0.6) is 0 Å². The molecule has 124 valence electrons. The van der Waals surface area contributed by atoms with Gasteiger partial charge in [0.15, 0.2) is 16.9 Å². The molecule has 0 aliphatic carbocycles. The maximum atomic E-state index is 12.6. The van der Waals surface area contributed by atoms with Gasteiger partial charge in [-0.05, 0) is 32.2 Å². The topological polar surface area (TPSA) is 87.8 Å². The average molecular weight is 342 g/mol. The van der Waals surface area contributed by atoms with E-state index in [9.17, 15) is 14.9 Å². The third-order valence-electron chi connectivity index (χ3n) is 3.28. The van der Waals surface area contributed by atoms with Crippen molar-refractivity contribution >= 4 is 23.5 Å². The molecule has 0 saturated carbocycles. The average Bonchev–Trinajstić information content (AvgIpc) is 3.03. The summed E-state index contributed by atoms with van der Waals surface area (Å²) in [5.74, 6) is -2.44. The van der Waals surface area contributed by atoms with Crippen molar-refractivity contribution in [3.05, 3.63) is 42.2 Å². The molecule has 1 heterocycles. The van der Waals surface area contributed by atoms with E-state index in [2.05, 4.69) is 10.3 Å². The van der Waals surface area contributed by atoms with E-state index >= 15 is 0 Å². The molecule has 0 aliphatic rings. The molecule has 0 unspecified atom stereocenters. The Kier molecular flexibility index (Phi) is 5.77. The fourth-order valence-electron chi connectivity index (χ4n) is 2.22. The molecule has 0 fully saturated rings. The summed E-state index contributed by atoms with van der Waals surface area (Å²) in [7, 11) is 0. The van der Waals surface area contributed by atoms with E-state index in [-0.39, 0.29) is 6.04 Å². The van der Waals surface area contributed by atoms with E-state index < -0.39 is 17.6 Å². The van der Waals surface area contributed by atoms with Gasteiger partial charge in [0, 0.05) is 29.7 Å². The lowest BCUT2D eigenvalue weighted by molar-refractivity contribution is -0.122. The number of nitrogens with zero attached hydrogens (tertiary/aromatic N) is 3. The highest BCUT2D eigenvalue weighted by molar-refractivity contribution is 7.98. The van der Waals surface area contributed by atoms with Crippen LogP contribution in [0.4, 0.5) is 0 Å². The van der Waals surface area contributed by atoms with Gasteiger partial charge in [0.25, 0.3) is 0 Å². The number of amides is 1. The second kappa shape index (κ2) is 7.79. The van der Waals surface area contributed by atoms with Crippen LogP contribution in [0.3, 0.4) is 0 Å². The van der Waals surface area contributed by atoms with Crippen molar-refractivity contribution in [1.82, 2.24) is 14.9 Å². The number of aromatic nitrogens is 2. The summed E-state index contributed by atoms with van der Waals surface area (Å²) >= 11 is 1.48. The molecule has 2 rings (SSSR count). The van der Waals surface area contributed by atoms with Crippen molar-refractivity contribution in [1.29, 1.82) is 5.26 Å². The Labute approximate surface area is 144 Å². The number of rotatable bonds is 6. The minimum atomic E-state index is -1.36. The fourth-order valence-corrected chi connectivity index (χ4v) is 2.75. The first-order valence-corrected chi connectivity index (χ1v) is 8.62. The number of ketones is 1. The molecule has 7 heteroatoms. The van der Waals surface area contributed by atoms with Gasteiger partial charge in [-0.25, -0.2) is 4.98 Å². The molecule has 6 nitrogen and oxygen atoms in total. The standard InChI is InChI=1S/C17H18N4O2S/c1-11(2)20-16(23)14(10-18)15(22)12-5-4-6-13(9-12)21-8-7-19-17(21)24-3/h4-9,11,14H,1-3H3,(H,20,23)/t14-/m1/s1. The smallest absolute Gasteiger partial charge is 0.245 e. The quantitative estimate of drug-likeness (QED) is 0.495. The van der Waals surface area contributed by atoms with Crippen molar-refractivity contribution in [2.24, 2.45) is 5.92 Å². The van der Waals surface area contributed by atoms with Crippen LogP contribution in [0.15, 0.2) is 41.8 Å². The molecule has 1 N–H and O–H groups in total. The number of hydrogen-bond donors (Lipinski definition) is 1. The number of benzene rings is 1. The summed E-state index contributed by atoms with van der Waals surface area (Å²) in [4.78, 5) is 28.8. The zero-order valence-corrected chi connectivity index (χ0v) is 14.5. The van der Waals surface area contributed by atoms with Crippen molar-refractivity contribution in [2.75, 3.05) is 6.26 Å². The summed E-state index contributed by atoms with van der Waals surface area (Å²) in [6.07, 6.45) is 5.38. The number of carbonyl (C=O) groups excluding carboxylic acids is 2. The summed E-state index contributed by atoms with van der Waals surface area (Å²) < 4.78 is 1.84. The van der Waals surface area contributed by atoms with Crippen LogP contribution >= 0.6 is 11.8 Å². The normalized spacial score (nSPS) is 11.8. The predicted octanol–water partition coefficient (Wildman–Crippen LogP) is 2.44. The Hall–Kier alpha value is -2.59. The fraction of sp³-hybridized carbons (Fsp3) is 0.294. The van der Waals surface area contributed by atoms with Gasteiger partial charge in [-0.3, -0.25) is 14.2 Å². The highest BCUT2D eigenvalue weighted by Gasteiger charge is 2.28. The molecule has 0 saturated heterocycles. The van der Waals surface area contributed by atoms with Crippen LogP contribution in [-0.2, 0) is 4.79 Å². The molecule has 1 atom stereocenters. The molecule has 0 radical (unpaired) electrons. The van der Waals surface area contributed by atoms with E-state index in [0.717, 1.165) is 10.8 Å². The van der Waals surface area contributed by atoms with Crippen LogP contribution in [0, 0.1) is 17.2 Å². The van der Waals surface area contributed by atoms with Crippen LogP contribution < -0.4 is 5.32 Å². The van der Waals surface area contributed by atoms with E-state index in [1.807, 2.05) is 16.9 Å². The van der Waals surface area contributed by atoms with Gasteiger partial charge in [0.1, 0.15) is 0 Å². The van der Waals surface area contributed by atoms with Crippen molar-refractivity contribution in [3.8, 4) is 11.8 Å². The van der Waals surface area contributed by atoms with E-state index in [1.165, 1.54) is 11.8 Å². The lowest BCUT2D eigenvalue weighted by atomic mass is 9.97. The molecule has 1 aromatic carbocycles. The van der Waals surface area contributed by atoms with E-state index in [1.54, 1.807) is 50.5 Å². The maximum Gasteiger partial charge on any atom is 0.245 e. The van der Waals surface area contributed by atoms with Gasteiger partial charge in [-0.2, -0.15) is 5.26 Å². The highest BCUT2D eigenvalue weighted by Crippen LogP contribution is 2.20. The Morgan fingerprint density at radius 1 is 1.38 bits per heavy atom. The third kappa shape index (κ3) is 3.84. The van der Waals surface area contributed by atoms with Gasteiger partial charge in [-0.15, -0.1) is 0 Å². The number of nitriles is 1.